The smallest absolute Gasteiger partial charge is 0.296 e. The molecule has 2 aromatic heterocycles. The minimum Gasteiger partial charge on any atom is -0.381 e. The summed E-state index contributed by atoms with van der Waals surface area (Å²) in [6, 6.07) is 6.43. The summed E-state index contributed by atoms with van der Waals surface area (Å²) in [6.45, 7) is 3.45. The minimum atomic E-state index is -0.478. The predicted molar refractivity (Wildman–Crippen MR) is 122 cm³/mol. The molecule has 3 aromatic rings. The molecule has 1 N–H and O–H groups in total. The van der Waals surface area contributed by atoms with Crippen molar-refractivity contribution in [2.24, 2.45) is 5.92 Å². The molecular formula is C24H27ClFN3O4. The van der Waals surface area contributed by atoms with Gasteiger partial charge in [0.1, 0.15) is 11.5 Å². The molecule has 0 unspecified atom stereocenters. The Balaban J connectivity index is 0.00000259. The van der Waals surface area contributed by atoms with E-state index in [4.69, 9.17) is 9.47 Å². The van der Waals surface area contributed by atoms with Gasteiger partial charge in [0.05, 0.1) is 31.5 Å². The highest BCUT2D eigenvalue weighted by atomic mass is 35.5. The van der Waals surface area contributed by atoms with E-state index in [-0.39, 0.29) is 30.5 Å². The number of fused-ring (bicyclic) bond motifs is 3. The van der Waals surface area contributed by atoms with E-state index in [1.165, 1.54) is 12.1 Å². The van der Waals surface area contributed by atoms with Crippen molar-refractivity contribution in [3.63, 3.8) is 0 Å². The topological polar surface area (TPSA) is 76.8 Å². The van der Waals surface area contributed by atoms with Crippen LogP contribution < -0.4 is 0 Å². The van der Waals surface area contributed by atoms with E-state index < -0.39 is 5.91 Å². The van der Waals surface area contributed by atoms with Crippen molar-refractivity contribution in [3.8, 4) is 0 Å². The van der Waals surface area contributed by atoms with Gasteiger partial charge in [0.15, 0.2) is 0 Å². The van der Waals surface area contributed by atoms with E-state index in [0.717, 1.165) is 58.7 Å². The van der Waals surface area contributed by atoms with Gasteiger partial charge in [-0.25, -0.2) is 14.4 Å². The first kappa shape index (κ1) is 23.6. The van der Waals surface area contributed by atoms with Gasteiger partial charge in [0.25, 0.3) is 5.91 Å². The van der Waals surface area contributed by atoms with E-state index in [1.807, 2.05) is 6.20 Å². The molecule has 0 bridgehead atoms. The van der Waals surface area contributed by atoms with Gasteiger partial charge in [0.2, 0.25) is 0 Å². The standard InChI is InChI=1S/C24H26FN3O4.ClH/c25-19-3-1-16(2-4-19)12-27-13-18(15-32-14-17-6-9-31-10-7-17)22-20-5-8-28(30)24(29)23(20)26-11-21(22)27;/h1-4,11,13,17,30H,5-10,12,14-15H2;1H. The first-order valence-electron chi connectivity index (χ1n) is 11.0. The van der Waals surface area contributed by atoms with Crippen LogP contribution in [0.3, 0.4) is 0 Å². The Kier molecular flexibility index (Phi) is 7.29. The lowest BCUT2D eigenvalue weighted by molar-refractivity contribution is -0.0606. The van der Waals surface area contributed by atoms with E-state index in [0.29, 0.717) is 32.1 Å². The molecule has 1 aromatic carbocycles. The summed E-state index contributed by atoms with van der Waals surface area (Å²) < 4.78 is 26.9. The molecule has 2 aliphatic heterocycles. The molecular weight excluding hydrogens is 449 g/mol. The van der Waals surface area contributed by atoms with Crippen molar-refractivity contribution < 1.29 is 23.9 Å². The van der Waals surface area contributed by atoms with Crippen LogP contribution >= 0.6 is 12.4 Å². The lowest BCUT2D eigenvalue weighted by atomic mass is 9.99. The van der Waals surface area contributed by atoms with Crippen molar-refractivity contribution in [2.45, 2.75) is 32.4 Å². The van der Waals surface area contributed by atoms with Crippen molar-refractivity contribution >= 4 is 29.2 Å². The van der Waals surface area contributed by atoms with Crippen molar-refractivity contribution in [1.29, 1.82) is 0 Å². The number of hydrogen-bond donors (Lipinski definition) is 1. The van der Waals surface area contributed by atoms with Crippen LogP contribution in [-0.4, -0.2) is 52.1 Å². The summed E-state index contributed by atoms with van der Waals surface area (Å²) in [5.74, 6) is -0.249. The maximum Gasteiger partial charge on any atom is 0.296 e. The first-order valence-corrected chi connectivity index (χ1v) is 11.0. The monoisotopic (exact) mass is 475 g/mol. The predicted octanol–water partition coefficient (Wildman–Crippen LogP) is 3.98. The fraction of sp³-hybridized carbons (Fsp3) is 0.417. The number of carbonyl (C=O) groups is 1. The molecule has 0 radical (unpaired) electrons. The normalized spacial score (nSPS) is 16.7. The van der Waals surface area contributed by atoms with Crippen LogP contribution in [-0.2, 0) is 29.0 Å². The second-order valence-corrected chi connectivity index (χ2v) is 8.50. The van der Waals surface area contributed by atoms with E-state index >= 15 is 0 Å². The maximum absolute atomic E-state index is 13.3. The van der Waals surface area contributed by atoms with Crippen LogP contribution in [0, 0.1) is 11.7 Å². The van der Waals surface area contributed by atoms with E-state index in [1.54, 1.807) is 18.3 Å². The third-order valence-corrected chi connectivity index (χ3v) is 6.33. The number of hydrogen-bond acceptors (Lipinski definition) is 5. The number of nitrogens with zero attached hydrogens (tertiary/aromatic N) is 3. The number of aromatic nitrogens is 2. The zero-order chi connectivity index (χ0) is 22.1. The van der Waals surface area contributed by atoms with Crippen LogP contribution in [0.1, 0.15) is 40.0 Å². The number of benzene rings is 1. The van der Waals surface area contributed by atoms with Gasteiger partial charge in [-0.15, -0.1) is 12.4 Å². The fourth-order valence-corrected chi connectivity index (χ4v) is 4.58. The number of pyridine rings is 1. The van der Waals surface area contributed by atoms with Crippen LogP contribution in [0.2, 0.25) is 0 Å². The Morgan fingerprint density at radius 1 is 1.21 bits per heavy atom. The zero-order valence-corrected chi connectivity index (χ0v) is 19.0. The number of hydroxylamine groups is 2. The highest BCUT2D eigenvalue weighted by Crippen LogP contribution is 2.31. The Bertz CT molecular complexity index is 1130. The number of rotatable bonds is 6. The van der Waals surface area contributed by atoms with Crippen LogP contribution in [0.5, 0.6) is 0 Å². The lowest BCUT2D eigenvalue weighted by Crippen LogP contribution is -2.35. The molecule has 1 amide bonds. The average Bonchev–Trinajstić information content (AvgIpc) is 3.16. The summed E-state index contributed by atoms with van der Waals surface area (Å²) in [5.41, 5.74) is 3.99. The van der Waals surface area contributed by atoms with Crippen LogP contribution in [0.15, 0.2) is 36.7 Å². The van der Waals surface area contributed by atoms with Gasteiger partial charge in [-0.05, 0) is 48.4 Å². The molecule has 0 saturated carbocycles. The molecule has 5 rings (SSSR count). The summed E-state index contributed by atoms with van der Waals surface area (Å²) in [4.78, 5) is 16.8. The highest BCUT2D eigenvalue weighted by molar-refractivity contribution is 6.00. The minimum absolute atomic E-state index is 0. The van der Waals surface area contributed by atoms with Gasteiger partial charge in [-0.2, -0.15) is 0 Å². The van der Waals surface area contributed by atoms with Crippen molar-refractivity contribution in [1.82, 2.24) is 14.6 Å². The fourth-order valence-electron chi connectivity index (χ4n) is 4.58. The first-order chi connectivity index (χ1) is 15.6. The SMILES string of the molecule is Cl.O=C1c2ncc3c(c(COCC4CCOCC4)cn3Cc3ccc(F)cc3)c2CCN1O. The largest absolute Gasteiger partial charge is 0.381 e. The number of ether oxygens (including phenoxy) is 2. The Hall–Kier alpha value is -2.52. The van der Waals surface area contributed by atoms with Gasteiger partial charge < -0.3 is 14.0 Å². The second kappa shape index (κ2) is 10.2. The Morgan fingerprint density at radius 2 is 1.97 bits per heavy atom. The van der Waals surface area contributed by atoms with Gasteiger partial charge in [-0.3, -0.25) is 10.0 Å². The molecule has 4 heterocycles. The van der Waals surface area contributed by atoms with Crippen molar-refractivity contribution in [3.05, 3.63) is 64.9 Å². The molecule has 0 atom stereocenters. The summed E-state index contributed by atoms with van der Waals surface area (Å²) in [7, 11) is 0. The summed E-state index contributed by atoms with van der Waals surface area (Å²) in [5, 5.41) is 11.5. The third-order valence-electron chi connectivity index (χ3n) is 6.33. The number of halogens is 2. The molecule has 176 valence electrons. The van der Waals surface area contributed by atoms with Crippen LogP contribution in [0.25, 0.3) is 10.9 Å². The summed E-state index contributed by atoms with van der Waals surface area (Å²) in [6.07, 6.45) is 6.25. The Morgan fingerprint density at radius 3 is 2.73 bits per heavy atom. The summed E-state index contributed by atoms with van der Waals surface area (Å²) >= 11 is 0. The lowest BCUT2D eigenvalue weighted by Gasteiger charge is -2.23. The molecule has 33 heavy (non-hydrogen) atoms. The zero-order valence-electron chi connectivity index (χ0n) is 18.2. The highest BCUT2D eigenvalue weighted by Gasteiger charge is 2.28. The van der Waals surface area contributed by atoms with Gasteiger partial charge >= 0.3 is 0 Å². The molecule has 0 spiro atoms. The average molecular weight is 476 g/mol. The van der Waals surface area contributed by atoms with Crippen molar-refractivity contribution in [2.75, 3.05) is 26.4 Å². The van der Waals surface area contributed by atoms with Gasteiger partial charge in [-0.1, -0.05) is 12.1 Å². The molecule has 7 nitrogen and oxygen atoms in total. The number of carbonyl (C=O) groups excluding carboxylic acids is 1. The van der Waals surface area contributed by atoms with Gasteiger partial charge in [0, 0.05) is 36.9 Å². The number of amides is 1. The third kappa shape index (κ3) is 4.89. The van der Waals surface area contributed by atoms with E-state index in [2.05, 4.69) is 9.55 Å². The molecule has 0 aliphatic carbocycles. The molecule has 1 fully saturated rings. The quantitative estimate of drug-likeness (QED) is 0.546. The van der Waals surface area contributed by atoms with E-state index in [9.17, 15) is 14.4 Å². The van der Waals surface area contributed by atoms with Crippen LogP contribution in [0.4, 0.5) is 4.39 Å². The molecule has 9 heteroatoms. The molecule has 2 aliphatic rings. The maximum atomic E-state index is 13.3. The molecule has 1 saturated heterocycles. The second-order valence-electron chi connectivity index (χ2n) is 8.50. The Labute approximate surface area is 197 Å².